The number of benzene rings is 1. The van der Waals surface area contributed by atoms with Gasteiger partial charge in [-0.3, -0.25) is 4.79 Å². The third-order valence-corrected chi connectivity index (χ3v) is 4.76. The van der Waals surface area contributed by atoms with Crippen molar-refractivity contribution >= 4 is 5.91 Å². The molecule has 25 heavy (non-hydrogen) atoms. The molecule has 0 radical (unpaired) electrons. The molecule has 1 amide bonds. The van der Waals surface area contributed by atoms with Crippen LogP contribution in [-0.4, -0.2) is 35.3 Å². The Labute approximate surface area is 149 Å². The van der Waals surface area contributed by atoms with Gasteiger partial charge < -0.3 is 19.5 Å². The Morgan fingerprint density at radius 2 is 1.88 bits per heavy atom. The van der Waals surface area contributed by atoms with E-state index in [1.54, 1.807) is 4.90 Å². The van der Waals surface area contributed by atoms with Crippen LogP contribution in [0.3, 0.4) is 0 Å². The number of hydrogen-bond donors (Lipinski definition) is 1. The number of ether oxygens (including phenoxy) is 2. The molecular formula is C20H27NO4. The van der Waals surface area contributed by atoms with Crippen molar-refractivity contribution < 1.29 is 19.4 Å². The molecular weight excluding hydrogens is 318 g/mol. The lowest BCUT2D eigenvalue weighted by molar-refractivity contribution is -0.159. The first-order valence-corrected chi connectivity index (χ1v) is 8.85. The van der Waals surface area contributed by atoms with Gasteiger partial charge in [0.25, 0.3) is 5.91 Å². The Bertz CT molecular complexity index is 641. The number of aliphatic hydroxyl groups excluding tert-OH is 1. The van der Waals surface area contributed by atoms with Gasteiger partial charge in [0.2, 0.25) is 6.29 Å². The molecule has 0 bridgehead atoms. The fourth-order valence-electron chi connectivity index (χ4n) is 2.85. The molecule has 3 rings (SSSR count). The fourth-order valence-corrected chi connectivity index (χ4v) is 2.85. The summed E-state index contributed by atoms with van der Waals surface area (Å²) in [5.74, 6) is 0.612. The number of carbonyl (C=O) groups excluding carboxylic acids is 1. The molecule has 1 aromatic carbocycles. The highest BCUT2D eigenvalue weighted by Crippen LogP contribution is 2.37. The number of nitrogens with zero attached hydrogens (tertiary/aromatic N) is 1. The van der Waals surface area contributed by atoms with Crippen LogP contribution in [0.2, 0.25) is 0 Å². The zero-order valence-corrected chi connectivity index (χ0v) is 15.2. The first kappa shape index (κ1) is 18.0. The molecule has 2 atom stereocenters. The van der Waals surface area contributed by atoms with Crippen molar-refractivity contribution in [1.82, 2.24) is 4.90 Å². The number of carbonyl (C=O) groups is 1. The summed E-state index contributed by atoms with van der Waals surface area (Å²) in [4.78, 5) is 14.1. The largest absolute Gasteiger partial charge is 0.459 e. The SMILES string of the molecule is CC(C)(C)[C@@H]1C=C(C(=O)N2CC2)O[C@H](OCc2ccc(CO)cc2)C1. The second-order valence-electron chi connectivity index (χ2n) is 7.86. The van der Waals surface area contributed by atoms with Crippen LogP contribution in [0, 0.1) is 11.3 Å². The average molecular weight is 345 g/mol. The van der Waals surface area contributed by atoms with Gasteiger partial charge in [0, 0.05) is 19.5 Å². The maximum Gasteiger partial charge on any atom is 0.288 e. The fraction of sp³-hybridized carbons (Fsp3) is 0.550. The average Bonchev–Trinajstić information content (AvgIpc) is 3.44. The van der Waals surface area contributed by atoms with Crippen molar-refractivity contribution in [3.8, 4) is 0 Å². The van der Waals surface area contributed by atoms with Gasteiger partial charge >= 0.3 is 0 Å². The smallest absolute Gasteiger partial charge is 0.288 e. The van der Waals surface area contributed by atoms with Crippen LogP contribution < -0.4 is 0 Å². The van der Waals surface area contributed by atoms with Crippen LogP contribution in [0.25, 0.3) is 0 Å². The Balaban J connectivity index is 1.66. The molecule has 0 spiro atoms. The van der Waals surface area contributed by atoms with E-state index in [2.05, 4.69) is 20.8 Å². The highest BCUT2D eigenvalue weighted by molar-refractivity contribution is 5.93. The molecule has 1 saturated heterocycles. The van der Waals surface area contributed by atoms with Crippen molar-refractivity contribution in [2.45, 2.75) is 46.7 Å². The van der Waals surface area contributed by atoms with Gasteiger partial charge in [-0.15, -0.1) is 0 Å². The lowest BCUT2D eigenvalue weighted by Crippen LogP contribution is -2.34. The van der Waals surface area contributed by atoms with Crippen LogP contribution >= 0.6 is 0 Å². The van der Waals surface area contributed by atoms with E-state index in [0.717, 1.165) is 30.6 Å². The molecule has 1 N–H and O–H groups in total. The predicted octanol–water partition coefficient (Wildman–Crippen LogP) is 2.83. The summed E-state index contributed by atoms with van der Waals surface area (Å²) < 4.78 is 11.8. The highest BCUT2D eigenvalue weighted by atomic mass is 16.7. The number of hydrogen-bond acceptors (Lipinski definition) is 4. The highest BCUT2D eigenvalue weighted by Gasteiger charge is 2.37. The van der Waals surface area contributed by atoms with E-state index >= 15 is 0 Å². The summed E-state index contributed by atoms with van der Waals surface area (Å²) in [6.07, 6.45) is 2.27. The number of rotatable bonds is 5. The van der Waals surface area contributed by atoms with Crippen molar-refractivity contribution in [3.05, 3.63) is 47.2 Å². The van der Waals surface area contributed by atoms with E-state index in [1.165, 1.54) is 0 Å². The van der Waals surface area contributed by atoms with Gasteiger partial charge in [0.1, 0.15) is 0 Å². The third-order valence-electron chi connectivity index (χ3n) is 4.76. The molecule has 1 fully saturated rings. The van der Waals surface area contributed by atoms with Crippen molar-refractivity contribution in [2.75, 3.05) is 13.1 Å². The van der Waals surface area contributed by atoms with E-state index in [-0.39, 0.29) is 23.8 Å². The van der Waals surface area contributed by atoms with Crippen molar-refractivity contribution in [3.63, 3.8) is 0 Å². The minimum Gasteiger partial charge on any atom is -0.459 e. The molecule has 5 heteroatoms. The number of allylic oxidation sites excluding steroid dienone is 1. The van der Waals surface area contributed by atoms with Crippen LogP contribution in [0.5, 0.6) is 0 Å². The van der Waals surface area contributed by atoms with Crippen LogP contribution in [0.4, 0.5) is 0 Å². The summed E-state index contributed by atoms with van der Waals surface area (Å²) in [5.41, 5.74) is 1.93. The molecule has 5 nitrogen and oxygen atoms in total. The number of amides is 1. The first-order chi connectivity index (χ1) is 11.9. The molecule has 2 heterocycles. The van der Waals surface area contributed by atoms with E-state index < -0.39 is 6.29 Å². The molecule has 2 aliphatic rings. The summed E-state index contributed by atoms with van der Waals surface area (Å²) >= 11 is 0. The molecule has 1 aromatic rings. The van der Waals surface area contributed by atoms with Crippen molar-refractivity contribution in [2.24, 2.45) is 11.3 Å². The molecule has 0 aromatic heterocycles. The van der Waals surface area contributed by atoms with Crippen LogP contribution in [0.1, 0.15) is 38.3 Å². The molecule has 2 aliphatic heterocycles. The zero-order chi connectivity index (χ0) is 18.0. The Morgan fingerprint density at radius 1 is 1.24 bits per heavy atom. The van der Waals surface area contributed by atoms with Crippen LogP contribution in [0.15, 0.2) is 36.1 Å². The number of aliphatic hydroxyl groups is 1. The van der Waals surface area contributed by atoms with Gasteiger partial charge in [-0.1, -0.05) is 45.0 Å². The molecule has 136 valence electrons. The predicted molar refractivity (Wildman–Crippen MR) is 94.3 cm³/mol. The maximum absolute atomic E-state index is 12.4. The van der Waals surface area contributed by atoms with Crippen molar-refractivity contribution in [1.29, 1.82) is 0 Å². The van der Waals surface area contributed by atoms with Gasteiger partial charge in [0.05, 0.1) is 13.2 Å². The molecule has 0 unspecified atom stereocenters. The Hall–Kier alpha value is -1.85. The van der Waals surface area contributed by atoms with Gasteiger partial charge in [-0.05, 0) is 28.5 Å². The van der Waals surface area contributed by atoms with E-state index in [9.17, 15) is 4.79 Å². The zero-order valence-electron chi connectivity index (χ0n) is 15.2. The molecule has 0 aliphatic carbocycles. The minimum absolute atomic E-state index is 0.0325. The summed E-state index contributed by atoms with van der Waals surface area (Å²) in [5, 5.41) is 9.11. The quantitative estimate of drug-likeness (QED) is 0.834. The lowest BCUT2D eigenvalue weighted by Gasteiger charge is -2.36. The standard InChI is InChI=1S/C20H27NO4/c1-20(2,3)16-10-17(19(23)21-8-9-21)25-18(11-16)24-13-15-6-4-14(12-22)5-7-15/h4-7,10,16,18,22H,8-9,11-13H2,1-3H3/t16-,18+/m1/s1. The summed E-state index contributed by atoms with van der Waals surface area (Å²) in [6.45, 7) is 8.58. The summed E-state index contributed by atoms with van der Waals surface area (Å²) in [6, 6.07) is 7.64. The summed E-state index contributed by atoms with van der Waals surface area (Å²) in [7, 11) is 0. The Kier molecular flexibility index (Phi) is 5.16. The normalized spacial score (nSPS) is 23.0. The second kappa shape index (κ2) is 7.18. The second-order valence-corrected chi connectivity index (χ2v) is 7.86. The third kappa shape index (κ3) is 4.61. The first-order valence-electron chi connectivity index (χ1n) is 8.85. The van der Waals surface area contributed by atoms with Gasteiger partial charge in [-0.2, -0.15) is 0 Å². The van der Waals surface area contributed by atoms with E-state index in [0.29, 0.717) is 12.4 Å². The monoisotopic (exact) mass is 345 g/mol. The Morgan fingerprint density at radius 3 is 2.44 bits per heavy atom. The van der Waals surface area contributed by atoms with E-state index in [1.807, 2.05) is 30.3 Å². The van der Waals surface area contributed by atoms with Gasteiger partial charge in [-0.25, -0.2) is 0 Å². The molecule has 0 saturated carbocycles. The maximum atomic E-state index is 12.4. The topological polar surface area (TPSA) is 58.8 Å². The van der Waals surface area contributed by atoms with Gasteiger partial charge in [0.15, 0.2) is 5.76 Å². The van der Waals surface area contributed by atoms with E-state index in [4.69, 9.17) is 14.6 Å². The lowest BCUT2D eigenvalue weighted by atomic mass is 9.77. The van der Waals surface area contributed by atoms with Crippen LogP contribution in [-0.2, 0) is 27.5 Å². The minimum atomic E-state index is -0.425.